The highest BCUT2D eigenvalue weighted by Gasteiger charge is 2.19. The molecule has 8 nitrogen and oxygen atoms in total. The molecule has 35 heavy (non-hydrogen) atoms. The van der Waals surface area contributed by atoms with E-state index in [4.69, 9.17) is 4.79 Å². The third-order valence-electron chi connectivity index (χ3n) is 5.55. The van der Waals surface area contributed by atoms with Crippen molar-refractivity contribution in [1.29, 1.82) is 0 Å². The van der Waals surface area contributed by atoms with E-state index in [1.54, 1.807) is 0 Å². The van der Waals surface area contributed by atoms with Crippen molar-refractivity contribution in [2.24, 2.45) is 0 Å². The Bertz CT molecular complexity index is 1170. The van der Waals surface area contributed by atoms with Crippen molar-refractivity contribution in [2.75, 3.05) is 6.54 Å². The summed E-state index contributed by atoms with van der Waals surface area (Å²) in [5, 5.41) is 3.46. The Balaban J connectivity index is 0.000000638. The minimum Gasteiger partial charge on any atom is -0.342 e. The van der Waals surface area contributed by atoms with E-state index >= 15 is 0 Å². The fraction of sp³-hybridized carbons (Fsp3) is 0.370. The first-order valence-electron chi connectivity index (χ1n) is 12.2. The van der Waals surface area contributed by atoms with Crippen LogP contribution in [0.1, 0.15) is 71.1 Å². The SMILES string of the molecule is CC.CC(C)c1ncc(-c2ccc(-c3ncc(-c4cnc([C@@H]5CCCN5)[nH]4)cn3)cc2)[nH]1.CC=O. The van der Waals surface area contributed by atoms with Crippen molar-refractivity contribution in [3.8, 4) is 33.9 Å². The number of imidazole rings is 2. The average Bonchev–Trinajstić information content (AvgIpc) is 3.68. The van der Waals surface area contributed by atoms with Gasteiger partial charge in [-0.15, -0.1) is 0 Å². The van der Waals surface area contributed by atoms with Gasteiger partial charge >= 0.3 is 0 Å². The van der Waals surface area contributed by atoms with Gasteiger partial charge in [0, 0.05) is 29.4 Å². The van der Waals surface area contributed by atoms with Crippen LogP contribution in [0.4, 0.5) is 0 Å². The molecule has 0 spiro atoms. The number of aldehydes is 1. The van der Waals surface area contributed by atoms with Crippen LogP contribution >= 0.6 is 0 Å². The number of nitrogens with one attached hydrogen (secondary N) is 3. The van der Waals surface area contributed by atoms with E-state index in [1.807, 2.05) is 50.8 Å². The van der Waals surface area contributed by atoms with Crippen molar-refractivity contribution >= 4 is 6.29 Å². The van der Waals surface area contributed by atoms with E-state index in [-0.39, 0.29) is 0 Å². The fourth-order valence-electron chi connectivity index (χ4n) is 3.77. The van der Waals surface area contributed by atoms with E-state index in [2.05, 4.69) is 61.2 Å². The molecule has 184 valence electrons. The molecule has 1 aliphatic rings. The molecule has 0 radical (unpaired) electrons. The van der Waals surface area contributed by atoms with Crippen LogP contribution in [0.2, 0.25) is 0 Å². The number of carbonyl (C=O) groups excluding carboxylic acids is 1. The fourth-order valence-corrected chi connectivity index (χ4v) is 3.77. The Hall–Kier alpha value is -3.65. The van der Waals surface area contributed by atoms with Gasteiger partial charge < -0.3 is 20.1 Å². The molecule has 1 aliphatic heterocycles. The first-order valence-corrected chi connectivity index (χ1v) is 12.2. The minimum atomic E-state index is 0.323. The number of hydrogen-bond acceptors (Lipinski definition) is 6. The summed E-state index contributed by atoms with van der Waals surface area (Å²) in [4.78, 5) is 33.7. The number of rotatable bonds is 5. The summed E-state index contributed by atoms with van der Waals surface area (Å²) < 4.78 is 0. The lowest BCUT2D eigenvalue weighted by Gasteiger charge is -2.06. The van der Waals surface area contributed by atoms with Gasteiger partial charge in [-0.3, -0.25) is 0 Å². The summed E-state index contributed by atoms with van der Waals surface area (Å²) in [5.74, 6) is 3.07. The number of hydrogen-bond donors (Lipinski definition) is 3. The summed E-state index contributed by atoms with van der Waals surface area (Å²) >= 11 is 0. The van der Waals surface area contributed by atoms with Gasteiger partial charge in [-0.05, 0) is 31.9 Å². The molecule has 1 saturated heterocycles. The van der Waals surface area contributed by atoms with Gasteiger partial charge in [-0.1, -0.05) is 52.0 Å². The number of aromatic nitrogens is 6. The molecule has 3 aromatic heterocycles. The number of benzene rings is 1. The van der Waals surface area contributed by atoms with E-state index < -0.39 is 0 Å². The van der Waals surface area contributed by atoms with Crippen LogP contribution in [0.25, 0.3) is 33.9 Å². The van der Waals surface area contributed by atoms with E-state index in [0.717, 1.165) is 59.0 Å². The van der Waals surface area contributed by atoms with Crippen molar-refractivity contribution in [3.05, 3.63) is 60.7 Å². The van der Waals surface area contributed by atoms with Crippen LogP contribution in [0.15, 0.2) is 49.1 Å². The number of carbonyl (C=O) groups is 1. The van der Waals surface area contributed by atoms with Crippen molar-refractivity contribution in [2.45, 2.75) is 59.4 Å². The Kier molecular flexibility index (Phi) is 9.43. The van der Waals surface area contributed by atoms with Gasteiger partial charge in [0.1, 0.15) is 17.9 Å². The van der Waals surface area contributed by atoms with E-state index in [0.29, 0.717) is 17.8 Å². The number of nitrogens with zero attached hydrogens (tertiary/aromatic N) is 4. The van der Waals surface area contributed by atoms with Crippen LogP contribution in [0.5, 0.6) is 0 Å². The van der Waals surface area contributed by atoms with Crippen molar-refractivity contribution in [3.63, 3.8) is 0 Å². The molecule has 1 aromatic carbocycles. The first-order chi connectivity index (χ1) is 17.1. The Morgan fingerprint density at radius 1 is 0.857 bits per heavy atom. The van der Waals surface area contributed by atoms with Crippen molar-refractivity contribution < 1.29 is 4.79 Å². The molecule has 1 atom stereocenters. The predicted octanol–water partition coefficient (Wildman–Crippen LogP) is 5.70. The first kappa shape index (κ1) is 26.0. The topological polar surface area (TPSA) is 112 Å². The maximum absolute atomic E-state index is 8.81. The van der Waals surface area contributed by atoms with Crippen LogP contribution in [-0.4, -0.2) is 42.7 Å². The zero-order valence-corrected chi connectivity index (χ0v) is 21.2. The second kappa shape index (κ2) is 12.7. The molecule has 0 aliphatic carbocycles. The van der Waals surface area contributed by atoms with E-state index in [9.17, 15) is 0 Å². The Morgan fingerprint density at radius 2 is 1.46 bits per heavy atom. The third kappa shape index (κ3) is 6.48. The monoisotopic (exact) mass is 473 g/mol. The maximum Gasteiger partial charge on any atom is 0.159 e. The Labute approximate surface area is 207 Å². The smallest absolute Gasteiger partial charge is 0.159 e. The second-order valence-corrected chi connectivity index (χ2v) is 8.28. The predicted molar refractivity (Wildman–Crippen MR) is 140 cm³/mol. The lowest BCUT2D eigenvalue weighted by Crippen LogP contribution is -2.14. The van der Waals surface area contributed by atoms with Gasteiger partial charge in [-0.25, -0.2) is 19.9 Å². The summed E-state index contributed by atoms with van der Waals surface area (Å²) in [7, 11) is 0. The molecule has 0 saturated carbocycles. The molecule has 1 fully saturated rings. The molecule has 4 aromatic rings. The lowest BCUT2D eigenvalue weighted by atomic mass is 10.1. The molecule has 0 bridgehead atoms. The highest BCUT2D eigenvalue weighted by molar-refractivity contribution is 5.66. The highest BCUT2D eigenvalue weighted by atomic mass is 16.1. The van der Waals surface area contributed by atoms with Crippen LogP contribution in [0.3, 0.4) is 0 Å². The molecule has 3 N–H and O–H groups in total. The maximum atomic E-state index is 8.81. The quantitative estimate of drug-likeness (QED) is 0.320. The molecule has 4 heterocycles. The van der Waals surface area contributed by atoms with Gasteiger partial charge in [-0.2, -0.15) is 0 Å². The van der Waals surface area contributed by atoms with Crippen LogP contribution < -0.4 is 5.32 Å². The summed E-state index contributed by atoms with van der Waals surface area (Å²) in [6, 6.07) is 8.55. The van der Waals surface area contributed by atoms with Gasteiger partial charge in [0.05, 0.1) is 29.8 Å². The Morgan fingerprint density at radius 3 is 2.03 bits per heavy atom. The lowest BCUT2D eigenvalue weighted by molar-refractivity contribution is -0.106. The standard InChI is InChI=1S/C23H25N7.C2H4O.C2H6/c1-14(2)21-27-12-19(29-21)15-5-7-16(8-6-15)22-25-10-17(11-26-22)20-13-28-23(30-20)18-4-3-9-24-18;1-2-3;1-2/h5-8,10-14,18,24H,3-4,9H2,1-2H3,(H,27,29)(H,28,30);2H,1H3;1-2H3/t18-;;/m0../s1. The van der Waals surface area contributed by atoms with E-state index in [1.165, 1.54) is 13.3 Å². The van der Waals surface area contributed by atoms with Gasteiger partial charge in [0.15, 0.2) is 5.82 Å². The second-order valence-electron chi connectivity index (χ2n) is 8.28. The van der Waals surface area contributed by atoms with Gasteiger partial charge in [0.2, 0.25) is 0 Å². The number of H-pyrrole nitrogens is 2. The van der Waals surface area contributed by atoms with Crippen LogP contribution in [-0.2, 0) is 4.79 Å². The number of aromatic amines is 2. The molecular weight excluding hydrogens is 438 g/mol. The third-order valence-corrected chi connectivity index (χ3v) is 5.55. The summed E-state index contributed by atoms with van der Waals surface area (Å²) in [6.45, 7) is 10.8. The highest BCUT2D eigenvalue weighted by Crippen LogP contribution is 2.26. The zero-order chi connectivity index (χ0) is 25.2. The molecule has 0 unspecified atom stereocenters. The molecular formula is C27H35N7O. The summed E-state index contributed by atoms with van der Waals surface area (Å²) in [6.07, 6.45) is 10.5. The molecule has 5 rings (SSSR count). The molecule has 8 heteroatoms. The molecule has 0 amide bonds. The zero-order valence-electron chi connectivity index (χ0n) is 21.2. The minimum absolute atomic E-state index is 0.323. The normalized spacial score (nSPS) is 14.6. The van der Waals surface area contributed by atoms with Gasteiger partial charge in [0.25, 0.3) is 0 Å². The largest absolute Gasteiger partial charge is 0.342 e. The van der Waals surface area contributed by atoms with Crippen molar-refractivity contribution in [1.82, 2.24) is 35.2 Å². The summed E-state index contributed by atoms with van der Waals surface area (Å²) in [5.41, 5.74) is 4.98. The average molecular weight is 474 g/mol. The van der Waals surface area contributed by atoms with Crippen LogP contribution in [0, 0.1) is 0 Å².